The zero-order valence-corrected chi connectivity index (χ0v) is 12.2. The van der Waals surface area contributed by atoms with Crippen LogP contribution in [0.1, 0.15) is 13.8 Å². The fraction of sp³-hybridized carbons (Fsp3) is 0.333. The second-order valence-electron chi connectivity index (χ2n) is 2.54. The molecule has 0 spiro atoms. The first-order valence-corrected chi connectivity index (χ1v) is 10.7. The maximum atomic E-state index is 12.3. The minimum absolute atomic E-state index is 0.108. The van der Waals surface area contributed by atoms with Crippen molar-refractivity contribution in [2.24, 2.45) is 0 Å². The molecule has 1 nitrogen and oxygen atoms in total. The molecule has 0 fully saturated rings. The summed E-state index contributed by atoms with van der Waals surface area (Å²) in [5.41, 5.74) is 0. The average Bonchev–Trinajstić information content (AvgIpc) is 2.12. The summed E-state index contributed by atoms with van der Waals surface area (Å²) in [6.07, 6.45) is 0.108. The van der Waals surface area contributed by atoms with Crippen LogP contribution in [0, 0.1) is 11.9 Å². The van der Waals surface area contributed by atoms with Crippen molar-refractivity contribution in [3.63, 3.8) is 0 Å². The molecule has 0 atom stereocenters. The predicted molar refractivity (Wildman–Crippen MR) is 49.9 cm³/mol. The molecular formula is C9H10BrFOZn. The van der Waals surface area contributed by atoms with Gasteiger partial charge < -0.3 is 4.74 Å². The molecule has 4 heteroatoms. The monoisotopic (exact) mass is 296 g/mol. The molecule has 0 amide bonds. The molecule has 0 aliphatic carbocycles. The summed E-state index contributed by atoms with van der Waals surface area (Å²) in [5, 5.41) is 0. The van der Waals surface area contributed by atoms with Crippen molar-refractivity contribution in [2.75, 3.05) is 0 Å². The normalized spacial score (nSPS) is 9.15. The standard InChI is InChI=1S/C9H10FO.BrH.Zn/c1-7(2)11-9-5-3-8(10)4-6-9;;/h3-5,7H,1-2H3;1H;/q-1;;+2/p-1. The predicted octanol–water partition coefficient (Wildman–Crippen LogP) is 3.26. The fourth-order valence-corrected chi connectivity index (χ4v) is 0.719. The van der Waals surface area contributed by atoms with Gasteiger partial charge >= 0.3 is 30.0 Å². The molecule has 0 aliphatic heterocycles. The summed E-state index contributed by atoms with van der Waals surface area (Å²) in [5.74, 6) is 0.294. The molecule has 0 saturated heterocycles. The van der Waals surface area contributed by atoms with Gasteiger partial charge in [-0.05, 0) is 13.8 Å². The molecule has 0 saturated carbocycles. The molecule has 0 aliphatic rings. The first kappa shape index (κ1) is 13.1. The molecule has 0 radical (unpaired) electrons. The Morgan fingerprint density at radius 2 is 2.08 bits per heavy atom. The fourth-order valence-electron chi connectivity index (χ4n) is 0.719. The Labute approximate surface area is 94.7 Å². The second kappa shape index (κ2) is 7.46. The van der Waals surface area contributed by atoms with Crippen molar-refractivity contribution in [1.29, 1.82) is 0 Å². The van der Waals surface area contributed by atoms with Gasteiger partial charge in [-0.2, -0.15) is 0 Å². The Kier molecular flexibility index (Phi) is 7.49. The Morgan fingerprint density at radius 3 is 2.46 bits per heavy atom. The van der Waals surface area contributed by atoms with Crippen molar-refractivity contribution < 1.29 is 25.5 Å². The van der Waals surface area contributed by atoms with Gasteiger partial charge in [0.25, 0.3) is 0 Å². The minimum atomic E-state index is -0.291. The van der Waals surface area contributed by atoms with Gasteiger partial charge in [0.2, 0.25) is 0 Å². The first-order chi connectivity index (χ1) is 6.18. The second-order valence-corrected chi connectivity index (χ2v) is 2.54. The van der Waals surface area contributed by atoms with Crippen LogP contribution in [0.5, 0.6) is 5.75 Å². The number of rotatable bonds is 2. The van der Waals surface area contributed by atoms with Crippen LogP contribution in [0.25, 0.3) is 0 Å². The third-order valence-electron chi connectivity index (χ3n) is 1.11. The van der Waals surface area contributed by atoms with Crippen LogP contribution in [0.4, 0.5) is 4.39 Å². The van der Waals surface area contributed by atoms with E-state index in [1.165, 1.54) is 28.5 Å². The van der Waals surface area contributed by atoms with E-state index in [4.69, 9.17) is 4.74 Å². The third kappa shape index (κ3) is 6.17. The van der Waals surface area contributed by atoms with Gasteiger partial charge in [0, 0.05) is 11.6 Å². The van der Waals surface area contributed by atoms with E-state index in [1.54, 1.807) is 6.07 Å². The van der Waals surface area contributed by atoms with Crippen LogP contribution < -0.4 is 4.74 Å². The molecular weight excluding hydrogens is 288 g/mol. The number of halogens is 2. The molecule has 1 aromatic carbocycles. The summed E-state index contributed by atoms with van der Waals surface area (Å²) < 4.78 is 17.6. The van der Waals surface area contributed by atoms with E-state index >= 15 is 0 Å². The molecule has 0 aromatic heterocycles. The Hall–Kier alpha value is 0.0534. The number of ether oxygens (including phenoxy) is 1. The molecule has 0 bridgehead atoms. The van der Waals surface area contributed by atoms with E-state index in [1.807, 2.05) is 13.8 Å². The Bertz CT molecular complexity index is 226. The third-order valence-corrected chi connectivity index (χ3v) is 1.11. The van der Waals surface area contributed by atoms with Gasteiger partial charge in [-0.25, -0.2) is 0 Å². The van der Waals surface area contributed by atoms with E-state index in [-0.39, 0.29) is 11.9 Å². The molecule has 1 aromatic rings. The Morgan fingerprint density at radius 1 is 1.46 bits per heavy atom. The summed E-state index contributed by atoms with van der Waals surface area (Å²) >= 11 is 4.25. The maximum absolute atomic E-state index is 12.3. The van der Waals surface area contributed by atoms with Crippen molar-refractivity contribution in [3.05, 3.63) is 30.1 Å². The van der Waals surface area contributed by atoms with Gasteiger partial charge in [0.1, 0.15) is 0 Å². The summed E-state index contributed by atoms with van der Waals surface area (Å²) in [4.78, 5) is 0. The van der Waals surface area contributed by atoms with Crippen LogP contribution in [-0.2, 0) is 16.3 Å². The SMILES string of the molecule is CC(C)Oc1[c-]cc(F)cc1.[Zn+][Br]. The summed E-state index contributed by atoms with van der Waals surface area (Å²) in [7, 11) is 0. The summed E-state index contributed by atoms with van der Waals surface area (Å²) in [6, 6.07) is 6.85. The molecule has 0 heterocycles. The zero-order valence-electron chi connectivity index (χ0n) is 7.68. The van der Waals surface area contributed by atoms with E-state index in [0.29, 0.717) is 5.75 Å². The number of benzene rings is 1. The molecule has 13 heavy (non-hydrogen) atoms. The summed E-state index contributed by atoms with van der Waals surface area (Å²) in [6.45, 7) is 3.83. The Balaban J connectivity index is 0.000000671. The van der Waals surface area contributed by atoms with Crippen LogP contribution in [-0.4, -0.2) is 6.10 Å². The topological polar surface area (TPSA) is 9.23 Å². The number of hydrogen-bond donors (Lipinski definition) is 0. The van der Waals surface area contributed by atoms with Crippen LogP contribution in [0.15, 0.2) is 18.2 Å². The molecule has 0 unspecified atom stereocenters. The van der Waals surface area contributed by atoms with Crippen LogP contribution in [0.3, 0.4) is 0 Å². The number of hydrogen-bond acceptors (Lipinski definition) is 1. The van der Waals surface area contributed by atoms with Crippen molar-refractivity contribution in [1.82, 2.24) is 0 Å². The van der Waals surface area contributed by atoms with Gasteiger partial charge in [-0.15, -0.1) is 24.3 Å². The zero-order chi connectivity index (χ0) is 10.3. The van der Waals surface area contributed by atoms with Crippen molar-refractivity contribution in [3.8, 4) is 5.75 Å². The van der Waals surface area contributed by atoms with E-state index in [9.17, 15) is 4.39 Å². The van der Waals surface area contributed by atoms with Gasteiger partial charge in [-0.3, -0.25) is 4.39 Å². The van der Waals surface area contributed by atoms with Gasteiger partial charge in [-0.1, -0.05) is 0 Å². The quantitative estimate of drug-likeness (QED) is 0.601. The van der Waals surface area contributed by atoms with Gasteiger partial charge in [0.05, 0.1) is 6.10 Å². The molecule has 68 valence electrons. The first-order valence-electron chi connectivity index (χ1n) is 3.79. The van der Waals surface area contributed by atoms with E-state index in [0.717, 1.165) is 0 Å². The van der Waals surface area contributed by atoms with Crippen LogP contribution >= 0.6 is 13.6 Å². The van der Waals surface area contributed by atoms with E-state index in [2.05, 4.69) is 19.7 Å². The average molecular weight is 298 g/mol. The van der Waals surface area contributed by atoms with Crippen LogP contribution in [0.2, 0.25) is 0 Å². The van der Waals surface area contributed by atoms with Gasteiger partial charge in [0.15, 0.2) is 0 Å². The molecule has 0 N–H and O–H groups in total. The van der Waals surface area contributed by atoms with Crippen molar-refractivity contribution >= 4 is 13.6 Å². The molecule has 1 rings (SSSR count). The van der Waals surface area contributed by atoms with E-state index < -0.39 is 0 Å². The van der Waals surface area contributed by atoms with Crippen molar-refractivity contribution in [2.45, 2.75) is 20.0 Å².